The smallest absolute Gasteiger partial charge is 0.102 e. The Balaban J connectivity index is 2.31. The summed E-state index contributed by atoms with van der Waals surface area (Å²) in [6.07, 6.45) is 1.12. The normalized spacial score (nSPS) is 27.3. The molecule has 2 nitrogen and oxygen atoms in total. The number of rotatable bonds is 3. The molecule has 0 aliphatic carbocycles. The Morgan fingerprint density at radius 1 is 1.64 bits per heavy atom. The summed E-state index contributed by atoms with van der Waals surface area (Å²) in [5, 5.41) is 3.31. The average molecular weight is 160 g/mol. The molecule has 1 aliphatic rings. The first-order valence-corrected chi connectivity index (χ1v) is 4.39. The molecule has 1 fully saturated rings. The summed E-state index contributed by atoms with van der Waals surface area (Å²) in [5.41, 5.74) is 0. The molecule has 66 valence electrons. The van der Waals surface area contributed by atoms with Gasteiger partial charge in [0.2, 0.25) is 0 Å². The Morgan fingerprint density at radius 2 is 2.45 bits per heavy atom. The second kappa shape index (κ2) is 4.67. The van der Waals surface area contributed by atoms with Gasteiger partial charge in [0, 0.05) is 32.2 Å². The van der Waals surface area contributed by atoms with E-state index in [0.29, 0.717) is 12.6 Å². The zero-order chi connectivity index (χ0) is 8.10. The molecule has 11 heavy (non-hydrogen) atoms. The van der Waals surface area contributed by atoms with Crippen LogP contribution in [0.15, 0.2) is 0 Å². The van der Waals surface area contributed by atoms with Gasteiger partial charge in [-0.3, -0.25) is 4.90 Å². The monoisotopic (exact) mass is 160 g/mol. The summed E-state index contributed by atoms with van der Waals surface area (Å²) in [4.78, 5) is 2.23. The maximum absolute atomic E-state index is 12.0. The summed E-state index contributed by atoms with van der Waals surface area (Å²) >= 11 is 0. The van der Waals surface area contributed by atoms with E-state index in [4.69, 9.17) is 0 Å². The van der Waals surface area contributed by atoms with Crippen LogP contribution in [0, 0.1) is 0 Å². The minimum atomic E-state index is -0.212. The summed E-state index contributed by atoms with van der Waals surface area (Å²) in [6.45, 7) is 5.59. The van der Waals surface area contributed by atoms with Crippen LogP contribution in [0.2, 0.25) is 0 Å². The summed E-state index contributed by atoms with van der Waals surface area (Å²) in [5.74, 6) is 0. The standard InChI is InChI=1S/C8H17FN2/c1-2-8-7-10-4-6-11(8)5-3-9/h8,10H,2-7H2,1H3. The van der Waals surface area contributed by atoms with E-state index in [1.165, 1.54) is 0 Å². The Morgan fingerprint density at radius 3 is 3.09 bits per heavy atom. The van der Waals surface area contributed by atoms with Crippen molar-refractivity contribution in [2.24, 2.45) is 0 Å². The van der Waals surface area contributed by atoms with Gasteiger partial charge in [0.25, 0.3) is 0 Å². The van der Waals surface area contributed by atoms with E-state index < -0.39 is 0 Å². The molecule has 0 amide bonds. The molecule has 0 spiro atoms. The molecule has 1 rings (SSSR count). The topological polar surface area (TPSA) is 15.3 Å². The number of hydrogen-bond donors (Lipinski definition) is 1. The van der Waals surface area contributed by atoms with Gasteiger partial charge < -0.3 is 5.32 Å². The van der Waals surface area contributed by atoms with Crippen LogP contribution >= 0.6 is 0 Å². The third-order valence-corrected chi connectivity index (χ3v) is 2.32. The molecule has 0 aromatic rings. The molecular formula is C8H17FN2. The molecular weight excluding hydrogens is 143 g/mol. The lowest BCUT2D eigenvalue weighted by Gasteiger charge is -2.34. The van der Waals surface area contributed by atoms with Crippen LogP contribution in [0.5, 0.6) is 0 Å². The molecule has 1 atom stereocenters. The maximum atomic E-state index is 12.0. The van der Waals surface area contributed by atoms with Crippen LogP contribution in [0.25, 0.3) is 0 Å². The molecule has 1 aliphatic heterocycles. The molecule has 0 radical (unpaired) electrons. The highest BCUT2D eigenvalue weighted by Crippen LogP contribution is 2.05. The lowest BCUT2D eigenvalue weighted by Crippen LogP contribution is -2.51. The van der Waals surface area contributed by atoms with E-state index >= 15 is 0 Å². The number of hydrogen-bond acceptors (Lipinski definition) is 2. The van der Waals surface area contributed by atoms with Gasteiger partial charge in [-0.2, -0.15) is 0 Å². The van der Waals surface area contributed by atoms with Gasteiger partial charge in [-0.15, -0.1) is 0 Å². The van der Waals surface area contributed by atoms with Crippen LogP contribution in [-0.4, -0.2) is 43.8 Å². The first kappa shape index (κ1) is 8.94. The molecule has 1 saturated heterocycles. The van der Waals surface area contributed by atoms with Crippen molar-refractivity contribution in [3.63, 3.8) is 0 Å². The number of alkyl halides is 1. The van der Waals surface area contributed by atoms with Crippen molar-refractivity contribution in [1.82, 2.24) is 10.2 Å². The Bertz CT molecular complexity index is 106. The zero-order valence-corrected chi connectivity index (χ0v) is 7.15. The van der Waals surface area contributed by atoms with Crippen LogP contribution in [0.1, 0.15) is 13.3 Å². The van der Waals surface area contributed by atoms with Crippen molar-refractivity contribution in [3.8, 4) is 0 Å². The Labute approximate surface area is 67.8 Å². The van der Waals surface area contributed by atoms with Crippen molar-refractivity contribution in [2.45, 2.75) is 19.4 Å². The van der Waals surface area contributed by atoms with Crippen LogP contribution < -0.4 is 5.32 Å². The van der Waals surface area contributed by atoms with Crippen molar-refractivity contribution in [2.75, 3.05) is 32.9 Å². The molecule has 1 unspecified atom stereocenters. The lowest BCUT2D eigenvalue weighted by atomic mass is 10.1. The minimum absolute atomic E-state index is 0.212. The van der Waals surface area contributed by atoms with Gasteiger partial charge >= 0.3 is 0 Å². The Kier molecular flexibility index (Phi) is 3.80. The first-order chi connectivity index (χ1) is 5.38. The van der Waals surface area contributed by atoms with E-state index in [2.05, 4.69) is 17.1 Å². The van der Waals surface area contributed by atoms with Crippen LogP contribution in [0.3, 0.4) is 0 Å². The predicted molar refractivity (Wildman–Crippen MR) is 44.5 cm³/mol. The molecule has 3 heteroatoms. The van der Waals surface area contributed by atoms with Crippen molar-refractivity contribution >= 4 is 0 Å². The van der Waals surface area contributed by atoms with E-state index in [1.54, 1.807) is 0 Å². The highest BCUT2D eigenvalue weighted by Gasteiger charge is 2.19. The van der Waals surface area contributed by atoms with Crippen molar-refractivity contribution in [1.29, 1.82) is 0 Å². The minimum Gasteiger partial charge on any atom is -0.314 e. The Hall–Kier alpha value is -0.150. The fourth-order valence-electron chi connectivity index (χ4n) is 1.61. The van der Waals surface area contributed by atoms with Crippen LogP contribution in [-0.2, 0) is 0 Å². The van der Waals surface area contributed by atoms with Gasteiger partial charge in [-0.1, -0.05) is 6.92 Å². The molecule has 0 saturated carbocycles. The average Bonchev–Trinajstić information content (AvgIpc) is 2.06. The predicted octanol–water partition coefficient (Wildman–Crippen LogP) is 0.640. The molecule has 1 heterocycles. The zero-order valence-electron chi connectivity index (χ0n) is 7.15. The number of nitrogens with one attached hydrogen (secondary N) is 1. The number of piperazine rings is 1. The fourth-order valence-corrected chi connectivity index (χ4v) is 1.61. The van der Waals surface area contributed by atoms with E-state index in [9.17, 15) is 4.39 Å². The van der Waals surface area contributed by atoms with Gasteiger partial charge in [0.1, 0.15) is 6.67 Å². The van der Waals surface area contributed by atoms with E-state index in [-0.39, 0.29) is 6.67 Å². The van der Waals surface area contributed by atoms with E-state index in [1.807, 2.05) is 0 Å². The second-order valence-electron chi connectivity index (χ2n) is 2.99. The third-order valence-electron chi connectivity index (χ3n) is 2.32. The summed E-state index contributed by atoms with van der Waals surface area (Å²) in [6, 6.07) is 0.555. The summed E-state index contributed by atoms with van der Waals surface area (Å²) in [7, 11) is 0. The molecule has 0 aromatic carbocycles. The SMILES string of the molecule is CCC1CNCCN1CCF. The summed E-state index contributed by atoms with van der Waals surface area (Å²) < 4.78 is 12.0. The highest BCUT2D eigenvalue weighted by atomic mass is 19.1. The number of nitrogens with zero attached hydrogens (tertiary/aromatic N) is 1. The fraction of sp³-hybridized carbons (Fsp3) is 1.00. The molecule has 1 N–H and O–H groups in total. The number of halogens is 1. The van der Waals surface area contributed by atoms with Gasteiger partial charge in [0.05, 0.1) is 0 Å². The molecule has 0 aromatic heterocycles. The third kappa shape index (κ3) is 2.42. The van der Waals surface area contributed by atoms with Crippen LogP contribution in [0.4, 0.5) is 4.39 Å². The second-order valence-corrected chi connectivity index (χ2v) is 2.99. The largest absolute Gasteiger partial charge is 0.314 e. The quantitative estimate of drug-likeness (QED) is 0.651. The van der Waals surface area contributed by atoms with Gasteiger partial charge in [0.15, 0.2) is 0 Å². The van der Waals surface area contributed by atoms with Gasteiger partial charge in [-0.05, 0) is 6.42 Å². The molecule has 0 bridgehead atoms. The van der Waals surface area contributed by atoms with Gasteiger partial charge in [-0.25, -0.2) is 4.39 Å². The van der Waals surface area contributed by atoms with Crippen molar-refractivity contribution < 1.29 is 4.39 Å². The highest BCUT2D eigenvalue weighted by molar-refractivity contribution is 4.77. The first-order valence-electron chi connectivity index (χ1n) is 4.39. The maximum Gasteiger partial charge on any atom is 0.102 e. The lowest BCUT2D eigenvalue weighted by molar-refractivity contribution is 0.146. The van der Waals surface area contributed by atoms with E-state index in [0.717, 1.165) is 26.1 Å². The van der Waals surface area contributed by atoms with Crippen molar-refractivity contribution in [3.05, 3.63) is 0 Å².